The number of aromatic nitrogens is 3. The van der Waals surface area contributed by atoms with Crippen LogP contribution in [-0.2, 0) is 0 Å². The Bertz CT molecular complexity index is 1100. The Hall–Kier alpha value is -2.38. The summed E-state index contributed by atoms with van der Waals surface area (Å²) in [6.45, 7) is 2.45. The van der Waals surface area contributed by atoms with Crippen LogP contribution < -0.4 is 10.9 Å². The molecule has 0 spiro atoms. The summed E-state index contributed by atoms with van der Waals surface area (Å²) in [6.07, 6.45) is 7.35. The number of hydrogen-bond donors (Lipinski definition) is 2. The molecule has 1 saturated carbocycles. The van der Waals surface area contributed by atoms with Crippen LogP contribution in [0.4, 0.5) is 15.9 Å². The number of halogens is 2. The van der Waals surface area contributed by atoms with E-state index in [1.54, 1.807) is 12.3 Å². The Kier molecular flexibility index (Phi) is 4.80. The first-order valence-corrected chi connectivity index (χ1v) is 10.5. The van der Waals surface area contributed by atoms with Gasteiger partial charge < -0.3 is 15.2 Å². The SMILES string of the molecule is O=c1[nH]ccc2c1c(Nc1ccc(Cl)c(F)c1)nn2C1CCC(N2CCC2)CC1. The fourth-order valence-corrected chi connectivity index (χ4v) is 4.67. The van der Waals surface area contributed by atoms with Crippen molar-refractivity contribution in [2.24, 2.45) is 0 Å². The molecule has 1 aliphatic heterocycles. The van der Waals surface area contributed by atoms with Gasteiger partial charge in [-0.25, -0.2) is 4.39 Å². The van der Waals surface area contributed by atoms with E-state index in [1.165, 1.54) is 31.6 Å². The highest BCUT2D eigenvalue weighted by Crippen LogP contribution is 2.35. The van der Waals surface area contributed by atoms with Gasteiger partial charge in [0.15, 0.2) is 5.82 Å². The molecule has 0 atom stereocenters. The summed E-state index contributed by atoms with van der Waals surface area (Å²) >= 11 is 5.78. The monoisotopic (exact) mass is 415 g/mol. The molecule has 29 heavy (non-hydrogen) atoms. The van der Waals surface area contributed by atoms with Crippen LogP contribution in [0.3, 0.4) is 0 Å². The van der Waals surface area contributed by atoms with E-state index in [1.807, 2.05) is 10.7 Å². The average Bonchev–Trinajstić information content (AvgIpc) is 3.04. The molecule has 0 unspecified atom stereocenters. The quantitative estimate of drug-likeness (QED) is 0.660. The molecule has 6 nitrogen and oxygen atoms in total. The molecule has 2 aromatic heterocycles. The third kappa shape index (κ3) is 3.42. The van der Waals surface area contributed by atoms with Crippen molar-refractivity contribution in [2.75, 3.05) is 18.4 Å². The van der Waals surface area contributed by atoms with E-state index in [2.05, 4.69) is 15.2 Å². The summed E-state index contributed by atoms with van der Waals surface area (Å²) in [5.74, 6) is -0.0768. The molecule has 152 valence electrons. The topological polar surface area (TPSA) is 66.0 Å². The van der Waals surface area contributed by atoms with Gasteiger partial charge in [0.25, 0.3) is 5.56 Å². The van der Waals surface area contributed by atoms with E-state index in [0.29, 0.717) is 22.9 Å². The first-order chi connectivity index (χ1) is 14.1. The number of fused-ring (bicyclic) bond motifs is 1. The third-order valence-electron chi connectivity index (χ3n) is 6.23. The molecule has 0 radical (unpaired) electrons. The third-order valence-corrected chi connectivity index (χ3v) is 6.54. The van der Waals surface area contributed by atoms with Gasteiger partial charge in [0, 0.05) is 17.9 Å². The molecule has 2 fully saturated rings. The molecular weight excluding hydrogens is 393 g/mol. The summed E-state index contributed by atoms with van der Waals surface area (Å²) in [5, 5.41) is 8.39. The van der Waals surface area contributed by atoms with Gasteiger partial charge in [-0.1, -0.05) is 11.6 Å². The lowest BCUT2D eigenvalue weighted by Crippen LogP contribution is -2.46. The summed E-state index contributed by atoms with van der Waals surface area (Å²) < 4.78 is 15.8. The van der Waals surface area contributed by atoms with Gasteiger partial charge in [0.1, 0.15) is 11.2 Å². The standard InChI is InChI=1S/C21H23ClFN5O/c22-16-7-2-13(12-17(16)23)25-20-19-18(8-9-24-21(19)29)28(26-20)15-5-3-14(4-6-15)27-10-1-11-27/h2,7-9,12,14-15H,1,3-6,10-11H2,(H,24,29)(H,25,26). The smallest absolute Gasteiger partial charge is 0.261 e. The summed E-state index contributed by atoms with van der Waals surface area (Å²) in [5.41, 5.74) is 1.10. The summed E-state index contributed by atoms with van der Waals surface area (Å²) in [6, 6.07) is 7.29. The molecule has 1 aromatic carbocycles. The van der Waals surface area contributed by atoms with E-state index in [9.17, 15) is 9.18 Å². The number of anilines is 2. The zero-order valence-electron chi connectivity index (χ0n) is 16.0. The molecule has 3 aromatic rings. The van der Waals surface area contributed by atoms with Gasteiger partial charge >= 0.3 is 0 Å². The van der Waals surface area contributed by atoms with Gasteiger partial charge in [0.2, 0.25) is 0 Å². The molecular formula is C21H23ClFN5O. The minimum absolute atomic E-state index is 0.0581. The van der Waals surface area contributed by atoms with Crippen LogP contribution in [0.2, 0.25) is 5.02 Å². The van der Waals surface area contributed by atoms with Crippen molar-refractivity contribution in [3.63, 3.8) is 0 Å². The van der Waals surface area contributed by atoms with Crippen LogP contribution in [0, 0.1) is 5.82 Å². The molecule has 1 saturated heterocycles. The lowest BCUT2D eigenvalue weighted by molar-refractivity contribution is 0.0793. The first-order valence-electron chi connectivity index (χ1n) is 10.2. The predicted molar refractivity (Wildman–Crippen MR) is 113 cm³/mol. The lowest BCUT2D eigenvalue weighted by atomic mass is 9.89. The van der Waals surface area contributed by atoms with Gasteiger partial charge in [-0.3, -0.25) is 9.48 Å². The fraction of sp³-hybridized carbons (Fsp3) is 0.429. The summed E-state index contributed by atoms with van der Waals surface area (Å²) in [4.78, 5) is 17.8. The van der Waals surface area contributed by atoms with E-state index >= 15 is 0 Å². The number of aromatic amines is 1. The van der Waals surface area contributed by atoms with Crippen molar-refractivity contribution in [1.29, 1.82) is 0 Å². The Balaban J connectivity index is 1.46. The van der Waals surface area contributed by atoms with Crippen molar-refractivity contribution in [3.05, 3.63) is 51.7 Å². The molecule has 2 aliphatic rings. The van der Waals surface area contributed by atoms with Crippen LogP contribution in [0.1, 0.15) is 38.1 Å². The van der Waals surface area contributed by atoms with E-state index in [4.69, 9.17) is 16.7 Å². The van der Waals surface area contributed by atoms with Crippen LogP contribution in [0.5, 0.6) is 0 Å². The second kappa shape index (κ2) is 7.46. The van der Waals surface area contributed by atoms with Crippen LogP contribution in [-0.4, -0.2) is 38.8 Å². The lowest BCUT2D eigenvalue weighted by Gasteiger charge is -2.42. The molecule has 0 amide bonds. The highest BCUT2D eigenvalue weighted by Gasteiger charge is 2.30. The molecule has 1 aliphatic carbocycles. The van der Waals surface area contributed by atoms with Gasteiger partial charge in [0.05, 0.1) is 16.6 Å². The molecule has 2 N–H and O–H groups in total. The molecule has 3 heterocycles. The van der Waals surface area contributed by atoms with Crippen molar-refractivity contribution >= 4 is 34.0 Å². The van der Waals surface area contributed by atoms with Gasteiger partial charge in [-0.2, -0.15) is 5.10 Å². The highest BCUT2D eigenvalue weighted by molar-refractivity contribution is 6.30. The minimum atomic E-state index is -0.515. The van der Waals surface area contributed by atoms with E-state index in [0.717, 1.165) is 31.2 Å². The Morgan fingerprint density at radius 2 is 1.90 bits per heavy atom. The Morgan fingerprint density at radius 1 is 1.14 bits per heavy atom. The van der Waals surface area contributed by atoms with Crippen molar-refractivity contribution in [3.8, 4) is 0 Å². The zero-order chi connectivity index (χ0) is 20.0. The first kappa shape index (κ1) is 18.6. The predicted octanol–water partition coefficient (Wildman–Crippen LogP) is 4.45. The summed E-state index contributed by atoms with van der Waals surface area (Å²) in [7, 11) is 0. The van der Waals surface area contributed by atoms with E-state index < -0.39 is 5.82 Å². The second-order valence-corrected chi connectivity index (χ2v) is 8.37. The van der Waals surface area contributed by atoms with E-state index in [-0.39, 0.29) is 16.6 Å². The molecule has 8 heteroatoms. The number of benzene rings is 1. The Morgan fingerprint density at radius 3 is 2.59 bits per heavy atom. The second-order valence-electron chi connectivity index (χ2n) is 7.97. The van der Waals surface area contributed by atoms with Gasteiger partial charge in [-0.05, 0) is 69.5 Å². The number of hydrogen-bond acceptors (Lipinski definition) is 4. The fourth-order valence-electron chi connectivity index (χ4n) is 4.55. The Labute approximate surface area is 172 Å². The number of nitrogens with one attached hydrogen (secondary N) is 2. The normalized spacial score (nSPS) is 22.6. The van der Waals surface area contributed by atoms with Crippen molar-refractivity contribution in [1.82, 2.24) is 19.7 Å². The number of pyridine rings is 1. The maximum absolute atomic E-state index is 13.8. The van der Waals surface area contributed by atoms with Crippen molar-refractivity contribution in [2.45, 2.75) is 44.2 Å². The van der Waals surface area contributed by atoms with Crippen LogP contribution >= 0.6 is 11.6 Å². The maximum atomic E-state index is 13.8. The van der Waals surface area contributed by atoms with Crippen LogP contribution in [0.15, 0.2) is 35.3 Å². The minimum Gasteiger partial charge on any atom is -0.338 e. The number of rotatable bonds is 4. The van der Waals surface area contributed by atoms with Crippen molar-refractivity contribution < 1.29 is 4.39 Å². The molecule has 5 rings (SSSR count). The van der Waals surface area contributed by atoms with Gasteiger partial charge in [-0.15, -0.1) is 0 Å². The zero-order valence-corrected chi connectivity index (χ0v) is 16.8. The highest BCUT2D eigenvalue weighted by atomic mass is 35.5. The largest absolute Gasteiger partial charge is 0.338 e. The number of H-pyrrole nitrogens is 1. The number of likely N-dealkylation sites (tertiary alicyclic amines) is 1. The number of nitrogens with zero attached hydrogens (tertiary/aromatic N) is 3. The average molecular weight is 416 g/mol. The van der Waals surface area contributed by atoms with Crippen LogP contribution in [0.25, 0.3) is 10.9 Å². The molecule has 0 bridgehead atoms. The maximum Gasteiger partial charge on any atom is 0.261 e.